The van der Waals surface area contributed by atoms with Crippen LogP contribution in [0.3, 0.4) is 0 Å². The molecule has 2 aromatic rings. The molecule has 0 bridgehead atoms. The molecule has 2 aromatic heterocycles. The summed E-state index contributed by atoms with van der Waals surface area (Å²) in [6.45, 7) is 5.21. The molecule has 0 atom stereocenters. The summed E-state index contributed by atoms with van der Waals surface area (Å²) in [5, 5.41) is 14.2. The van der Waals surface area contributed by atoms with E-state index >= 15 is 0 Å². The lowest BCUT2D eigenvalue weighted by Gasteiger charge is -2.25. The first-order valence-electron chi connectivity index (χ1n) is 8.50. The predicted octanol–water partition coefficient (Wildman–Crippen LogP) is 3.63. The Morgan fingerprint density at radius 3 is 1.68 bits per heavy atom. The van der Waals surface area contributed by atoms with Crippen LogP contribution in [0.5, 0.6) is 0 Å². The van der Waals surface area contributed by atoms with Gasteiger partial charge in [-0.15, -0.1) is 0 Å². The largest absolute Gasteiger partial charge is 0.355 e. The molecule has 2 N–H and O–H groups in total. The van der Waals surface area contributed by atoms with Gasteiger partial charge >= 0.3 is 0 Å². The highest BCUT2D eigenvalue weighted by Gasteiger charge is 2.20. The van der Waals surface area contributed by atoms with Gasteiger partial charge in [0.25, 0.3) is 0 Å². The van der Waals surface area contributed by atoms with Gasteiger partial charge in [-0.2, -0.15) is 22.7 Å². The standard InChI is InChI=1S/C19H26N2O2S2/c1-19(2,13-20-17(22)5-3-15-7-9-24-11-15)14-21-18(23)6-4-16-8-10-25-12-16/h7-12H,3-6,13-14H2,1-2H3,(H,20,22)(H,21,23). The average molecular weight is 379 g/mol. The third-order valence-electron chi connectivity index (χ3n) is 3.97. The Balaban J connectivity index is 1.61. The highest BCUT2D eigenvalue weighted by Crippen LogP contribution is 2.13. The second-order valence-electron chi connectivity index (χ2n) is 6.98. The molecule has 0 saturated heterocycles. The van der Waals surface area contributed by atoms with E-state index < -0.39 is 0 Å². The van der Waals surface area contributed by atoms with Crippen LogP contribution < -0.4 is 10.6 Å². The van der Waals surface area contributed by atoms with Crippen LogP contribution in [-0.4, -0.2) is 24.9 Å². The van der Waals surface area contributed by atoms with Gasteiger partial charge in [0.2, 0.25) is 11.8 Å². The lowest BCUT2D eigenvalue weighted by molar-refractivity contribution is -0.121. The van der Waals surface area contributed by atoms with E-state index in [1.807, 2.05) is 36.7 Å². The fourth-order valence-corrected chi connectivity index (χ4v) is 3.71. The topological polar surface area (TPSA) is 58.2 Å². The van der Waals surface area contributed by atoms with E-state index in [0.717, 1.165) is 12.8 Å². The first kappa shape index (κ1) is 19.7. The number of hydrogen-bond acceptors (Lipinski definition) is 4. The summed E-state index contributed by atoms with van der Waals surface area (Å²) >= 11 is 3.30. The minimum Gasteiger partial charge on any atom is -0.355 e. The van der Waals surface area contributed by atoms with Crippen molar-refractivity contribution in [2.24, 2.45) is 5.41 Å². The molecule has 0 spiro atoms. The lowest BCUT2D eigenvalue weighted by atomic mass is 9.93. The molecule has 2 amide bonds. The van der Waals surface area contributed by atoms with Gasteiger partial charge in [0.1, 0.15) is 0 Å². The van der Waals surface area contributed by atoms with Gasteiger partial charge in [-0.25, -0.2) is 0 Å². The van der Waals surface area contributed by atoms with Crippen LogP contribution in [0.2, 0.25) is 0 Å². The zero-order valence-electron chi connectivity index (χ0n) is 14.8. The minimum atomic E-state index is -0.171. The fourth-order valence-electron chi connectivity index (χ4n) is 2.30. The number of rotatable bonds is 10. The van der Waals surface area contributed by atoms with Gasteiger partial charge in [0, 0.05) is 25.9 Å². The van der Waals surface area contributed by atoms with Gasteiger partial charge in [0.05, 0.1) is 0 Å². The SMILES string of the molecule is CC(C)(CNC(=O)CCc1ccsc1)CNC(=O)CCc1ccsc1. The van der Waals surface area contributed by atoms with Crippen LogP contribution in [0.1, 0.15) is 37.8 Å². The van der Waals surface area contributed by atoms with Crippen LogP contribution >= 0.6 is 22.7 Å². The number of carbonyl (C=O) groups is 2. The number of thiophene rings is 2. The zero-order chi connectivity index (χ0) is 18.1. The summed E-state index contributed by atoms with van der Waals surface area (Å²) in [6, 6.07) is 4.10. The van der Waals surface area contributed by atoms with Crippen molar-refractivity contribution in [3.05, 3.63) is 44.8 Å². The normalized spacial score (nSPS) is 11.3. The van der Waals surface area contributed by atoms with E-state index in [1.54, 1.807) is 22.7 Å². The lowest BCUT2D eigenvalue weighted by Crippen LogP contribution is -2.42. The van der Waals surface area contributed by atoms with E-state index in [2.05, 4.69) is 21.4 Å². The summed E-state index contributed by atoms with van der Waals surface area (Å²) in [5.41, 5.74) is 2.24. The van der Waals surface area contributed by atoms with Crippen molar-refractivity contribution in [2.45, 2.75) is 39.5 Å². The molecular weight excluding hydrogens is 352 g/mol. The van der Waals surface area contributed by atoms with Crippen LogP contribution in [-0.2, 0) is 22.4 Å². The monoisotopic (exact) mass is 378 g/mol. The van der Waals surface area contributed by atoms with Crippen molar-refractivity contribution >= 4 is 34.5 Å². The Bertz CT molecular complexity index is 593. The highest BCUT2D eigenvalue weighted by molar-refractivity contribution is 7.08. The Morgan fingerprint density at radius 1 is 0.880 bits per heavy atom. The van der Waals surface area contributed by atoms with E-state index in [4.69, 9.17) is 0 Å². The van der Waals surface area contributed by atoms with Gasteiger partial charge in [-0.05, 0) is 63.0 Å². The second kappa shape index (κ2) is 9.73. The number of carbonyl (C=O) groups excluding carboxylic acids is 2. The second-order valence-corrected chi connectivity index (χ2v) is 8.54. The maximum absolute atomic E-state index is 12.0. The van der Waals surface area contributed by atoms with Crippen molar-refractivity contribution in [3.8, 4) is 0 Å². The van der Waals surface area contributed by atoms with Crippen molar-refractivity contribution in [3.63, 3.8) is 0 Å². The van der Waals surface area contributed by atoms with Gasteiger partial charge in [-0.1, -0.05) is 13.8 Å². The molecule has 2 heterocycles. The quantitative estimate of drug-likeness (QED) is 0.663. The Labute approximate surface area is 157 Å². The maximum Gasteiger partial charge on any atom is 0.220 e. The van der Waals surface area contributed by atoms with Gasteiger partial charge in [-0.3, -0.25) is 9.59 Å². The molecule has 25 heavy (non-hydrogen) atoms. The molecule has 6 heteroatoms. The molecule has 0 radical (unpaired) electrons. The molecule has 0 aromatic carbocycles. The van der Waals surface area contributed by atoms with Crippen molar-refractivity contribution in [1.29, 1.82) is 0 Å². The molecule has 0 aliphatic rings. The summed E-state index contributed by atoms with van der Waals surface area (Å²) in [4.78, 5) is 23.9. The number of aryl methyl sites for hydroxylation is 2. The summed E-state index contributed by atoms with van der Waals surface area (Å²) in [5.74, 6) is 0.117. The van der Waals surface area contributed by atoms with Gasteiger partial charge < -0.3 is 10.6 Å². The first-order valence-corrected chi connectivity index (χ1v) is 10.4. The Morgan fingerprint density at radius 2 is 1.32 bits per heavy atom. The first-order chi connectivity index (χ1) is 11.9. The van der Waals surface area contributed by atoms with Crippen molar-refractivity contribution in [1.82, 2.24) is 10.6 Å². The van der Waals surface area contributed by atoms with Crippen LogP contribution in [0.15, 0.2) is 33.7 Å². The van der Waals surface area contributed by atoms with Gasteiger partial charge in [0.15, 0.2) is 0 Å². The number of nitrogens with one attached hydrogen (secondary N) is 2. The number of hydrogen-bond donors (Lipinski definition) is 2. The molecular formula is C19H26N2O2S2. The molecule has 0 aliphatic carbocycles. The molecule has 2 rings (SSSR count). The van der Waals surface area contributed by atoms with E-state index in [9.17, 15) is 9.59 Å². The molecule has 4 nitrogen and oxygen atoms in total. The molecule has 0 aliphatic heterocycles. The zero-order valence-corrected chi connectivity index (χ0v) is 16.5. The molecule has 0 fully saturated rings. The summed E-state index contributed by atoms with van der Waals surface area (Å²) in [7, 11) is 0. The fraction of sp³-hybridized carbons (Fsp3) is 0.474. The van der Waals surface area contributed by atoms with Crippen molar-refractivity contribution < 1.29 is 9.59 Å². The molecule has 0 unspecified atom stereocenters. The molecule has 0 saturated carbocycles. The average Bonchev–Trinajstić information content (AvgIpc) is 3.28. The third-order valence-corrected chi connectivity index (χ3v) is 5.43. The van der Waals surface area contributed by atoms with E-state index in [-0.39, 0.29) is 17.2 Å². The Hall–Kier alpha value is -1.66. The third kappa shape index (κ3) is 7.84. The summed E-state index contributed by atoms with van der Waals surface area (Å²) < 4.78 is 0. The summed E-state index contributed by atoms with van der Waals surface area (Å²) in [6.07, 6.45) is 2.55. The van der Waals surface area contributed by atoms with Crippen LogP contribution in [0.25, 0.3) is 0 Å². The Kier molecular flexibility index (Phi) is 7.65. The van der Waals surface area contributed by atoms with Crippen LogP contribution in [0, 0.1) is 5.41 Å². The maximum atomic E-state index is 12.0. The van der Waals surface area contributed by atoms with Crippen molar-refractivity contribution in [2.75, 3.05) is 13.1 Å². The van der Waals surface area contributed by atoms with E-state index in [1.165, 1.54) is 11.1 Å². The smallest absolute Gasteiger partial charge is 0.220 e. The van der Waals surface area contributed by atoms with Crippen LogP contribution in [0.4, 0.5) is 0 Å². The van der Waals surface area contributed by atoms with E-state index in [0.29, 0.717) is 25.9 Å². The highest BCUT2D eigenvalue weighted by atomic mass is 32.1. The predicted molar refractivity (Wildman–Crippen MR) is 105 cm³/mol. The molecule has 136 valence electrons. The number of amides is 2. The minimum absolute atomic E-state index is 0.0584.